The minimum atomic E-state index is 0.682. The fourth-order valence-electron chi connectivity index (χ4n) is 2.26. The van der Waals surface area contributed by atoms with E-state index in [-0.39, 0.29) is 0 Å². The molecule has 118 valence electrons. The Morgan fingerprint density at radius 1 is 1.04 bits per heavy atom. The molecule has 4 rings (SSSR count). The van der Waals surface area contributed by atoms with Gasteiger partial charge in [0.15, 0.2) is 0 Å². The van der Waals surface area contributed by atoms with E-state index in [1.54, 1.807) is 17.6 Å². The van der Waals surface area contributed by atoms with Gasteiger partial charge in [-0.15, -0.1) is 0 Å². The van der Waals surface area contributed by atoms with Crippen molar-refractivity contribution in [3.05, 3.63) is 70.9 Å². The standard InChI is InChI=1S/C18H12BrN3OS/c19-13-7-5-12(6-8-13)16-10-9-14(23-16)11-20-22-18-21-15-3-1-2-4-17(15)24-18/h1-11H,(H,21,22)/b20-11+. The summed E-state index contributed by atoms with van der Waals surface area (Å²) in [6.45, 7) is 0. The Hall–Kier alpha value is -2.44. The van der Waals surface area contributed by atoms with Gasteiger partial charge in [0.1, 0.15) is 11.5 Å². The first-order valence-corrected chi connectivity index (χ1v) is 8.89. The molecule has 24 heavy (non-hydrogen) atoms. The van der Waals surface area contributed by atoms with Gasteiger partial charge in [-0.1, -0.05) is 51.5 Å². The van der Waals surface area contributed by atoms with Gasteiger partial charge in [0.05, 0.1) is 16.4 Å². The molecule has 0 amide bonds. The van der Waals surface area contributed by atoms with Crippen molar-refractivity contribution in [1.82, 2.24) is 4.98 Å². The minimum absolute atomic E-state index is 0.682. The maximum Gasteiger partial charge on any atom is 0.204 e. The summed E-state index contributed by atoms with van der Waals surface area (Å²) in [5.74, 6) is 1.49. The maximum absolute atomic E-state index is 5.78. The number of rotatable bonds is 4. The average molecular weight is 398 g/mol. The molecule has 2 aromatic heterocycles. The van der Waals surface area contributed by atoms with E-state index >= 15 is 0 Å². The van der Waals surface area contributed by atoms with Crippen LogP contribution in [0, 0.1) is 0 Å². The third-order valence-corrected chi connectivity index (χ3v) is 4.87. The first-order chi connectivity index (χ1) is 11.8. The van der Waals surface area contributed by atoms with E-state index in [9.17, 15) is 0 Å². The van der Waals surface area contributed by atoms with Crippen molar-refractivity contribution in [2.75, 3.05) is 5.43 Å². The van der Waals surface area contributed by atoms with Crippen LogP contribution in [0.15, 0.2) is 74.7 Å². The Kier molecular flexibility index (Phi) is 4.15. The molecule has 1 N–H and O–H groups in total. The van der Waals surface area contributed by atoms with Crippen molar-refractivity contribution in [3.8, 4) is 11.3 Å². The molecule has 0 saturated heterocycles. The van der Waals surface area contributed by atoms with Crippen molar-refractivity contribution in [2.24, 2.45) is 5.10 Å². The zero-order valence-electron chi connectivity index (χ0n) is 12.4. The van der Waals surface area contributed by atoms with Crippen molar-refractivity contribution in [2.45, 2.75) is 0 Å². The van der Waals surface area contributed by atoms with E-state index in [4.69, 9.17) is 4.42 Å². The lowest BCUT2D eigenvalue weighted by atomic mass is 10.2. The number of hydrogen-bond acceptors (Lipinski definition) is 5. The topological polar surface area (TPSA) is 50.4 Å². The number of hydrazone groups is 1. The fraction of sp³-hybridized carbons (Fsp3) is 0. The van der Waals surface area contributed by atoms with Gasteiger partial charge >= 0.3 is 0 Å². The predicted octanol–water partition coefficient (Wildman–Crippen LogP) is 5.76. The van der Waals surface area contributed by atoms with E-state index < -0.39 is 0 Å². The van der Waals surface area contributed by atoms with Gasteiger partial charge in [-0.3, -0.25) is 5.43 Å². The molecule has 6 heteroatoms. The van der Waals surface area contributed by atoms with Crippen molar-refractivity contribution in [1.29, 1.82) is 0 Å². The molecular weight excluding hydrogens is 386 g/mol. The van der Waals surface area contributed by atoms with Crippen LogP contribution < -0.4 is 5.43 Å². The number of nitrogens with one attached hydrogen (secondary N) is 1. The van der Waals surface area contributed by atoms with Crippen LogP contribution in [0.5, 0.6) is 0 Å². The van der Waals surface area contributed by atoms with E-state index in [2.05, 4.69) is 31.4 Å². The molecule has 4 aromatic rings. The van der Waals surface area contributed by atoms with E-state index in [1.165, 1.54) is 0 Å². The Bertz CT molecular complexity index is 971. The Morgan fingerprint density at radius 3 is 2.71 bits per heavy atom. The van der Waals surface area contributed by atoms with Crippen LogP contribution in [0.4, 0.5) is 5.13 Å². The van der Waals surface area contributed by atoms with E-state index in [1.807, 2.05) is 60.7 Å². The minimum Gasteiger partial charge on any atom is -0.455 e. The second kappa shape index (κ2) is 6.59. The number of thiazole rings is 1. The molecule has 0 aliphatic carbocycles. The first kappa shape index (κ1) is 15.1. The lowest BCUT2D eigenvalue weighted by molar-refractivity contribution is 0.575. The summed E-state index contributed by atoms with van der Waals surface area (Å²) in [6.07, 6.45) is 1.65. The summed E-state index contributed by atoms with van der Waals surface area (Å²) < 4.78 is 7.96. The molecule has 2 aromatic carbocycles. The quantitative estimate of drug-likeness (QED) is 0.351. The van der Waals surface area contributed by atoms with Crippen LogP contribution in [-0.4, -0.2) is 11.2 Å². The van der Waals surface area contributed by atoms with Crippen LogP contribution >= 0.6 is 27.3 Å². The van der Waals surface area contributed by atoms with Crippen LogP contribution in [0.2, 0.25) is 0 Å². The molecule has 0 aliphatic rings. The zero-order valence-corrected chi connectivity index (χ0v) is 14.8. The van der Waals surface area contributed by atoms with Crippen molar-refractivity contribution in [3.63, 3.8) is 0 Å². The largest absolute Gasteiger partial charge is 0.455 e. The van der Waals surface area contributed by atoms with E-state index in [0.717, 1.165) is 31.1 Å². The Balaban J connectivity index is 1.47. The van der Waals surface area contributed by atoms with E-state index in [0.29, 0.717) is 5.76 Å². The molecule has 0 bridgehead atoms. The number of aromatic nitrogens is 1. The van der Waals surface area contributed by atoms with Gasteiger partial charge in [0.2, 0.25) is 5.13 Å². The summed E-state index contributed by atoms with van der Waals surface area (Å²) in [5, 5.41) is 4.96. The SMILES string of the molecule is Brc1ccc(-c2ccc(/C=N/Nc3nc4ccccc4s3)o2)cc1. The average Bonchev–Trinajstić information content (AvgIpc) is 3.22. The lowest BCUT2D eigenvalue weighted by Crippen LogP contribution is -1.88. The van der Waals surface area contributed by atoms with Gasteiger partial charge in [-0.25, -0.2) is 4.98 Å². The van der Waals surface area contributed by atoms with Gasteiger partial charge in [0, 0.05) is 10.0 Å². The highest BCUT2D eigenvalue weighted by atomic mass is 79.9. The fourth-order valence-corrected chi connectivity index (χ4v) is 3.34. The summed E-state index contributed by atoms with van der Waals surface area (Å²) >= 11 is 4.99. The highest BCUT2D eigenvalue weighted by molar-refractivity contribution is 9.10. The number of hydrogen-bond donors (Lipinski definition) is 1. The lowest BCUT2D eigenvalue weighted by Gasteiger charge is -1.96. The highest BCUT2D eigenvalue weighted by Gasteiger charge is 2.04. The second-order valence-electron chi connectivity index (χ2n) is 5.07. The molecule has 2 heterocycles. The number of nitrogens with zero attached hydrogens (tertiary/aromatic N) is 2. The van der Waals surface area contributed by atoms with Crippen molar-refractivity contribution < 1.29 is 4.42 Å². The smallest absolute Gasteiger partial charge is 0.204 e. The van der Waals surface area contributed by atoms with Crippen LogP contribution in [-0.2, 0) is 0 Å². The highest BCUT2D eigenvalue weighted by Crippen LogP contribution is 2.26. The number of anilines is 1. The monoisotopic (exact) mass is 397 g/mol. The van der Waals surface area contributed by atoms with Crippen LogP contribution in [0.1, 0.15) is 5.76 Å². The molecule has 0 unspecified atom stereocenters. The molecule has 0 aliphatic heterocycles. The van der Waals surface area contributed by atoms with Gasteiger partial charge < -0.3 is 4.42 Å². The van der Waals surface area contributed by atoms with Gasteiger partial charge in [0.25, 0.3) is 0 Å². The zero-order chi connectivity index (χ0) is 16.4. The second-order valence-corrected chi connectivity index (χ2v) is 7.01. The summed E-state index contributed by atoms with van der Waals surface area (Å²) in [7, 11) is 0. The maximum atomic E-state index is 5.78. The van der Waals surface area contributed by atoms with Crippen LogP contribution in [0.25, 0.3) is 21.5 Å². The summed E-state index contributed by atoms with van der Waals surface area (Å²) in [6, 6.07) is 19.8. The molecule has 0 atom stereocenters. The number of benzene rings is 2. The number of para-hydroxylation sites is 1. The van der Waals surface area contributed by atoms with Gasteiger partial charge in [-0.2, -0.15) is 5.10 Å². The number of halogens is 1. The molecule has 0 spiro atoms. The molecule has 0 radical (unpaired) electrons. The van der Waals surface area contributed by atoms with Crippen molar-refractivity contribution >= 4 is 48.8 Å². The third kappa shape index (κ3) is 3.25. The molecule has 0 saturated carbocycles. The molecular formula is C18H12BrN3OS. The first-order valence-electron chi connectivity index (χ1n) is 7.28. The molecule has 0 fully saturated rings. The third-order valence-electron chi connectivity index (χ3n) is 3.40. The predicted molar refractivity (Wildman–Crippen MR) is 103 cm³/mol. The Labute approximate surface area is 151 Å². The number of furan rings is 1. The van der Waals surface area contributed by atoms with Crippen LogP contribution in [0.3, 0.4) is 0 Å². The summed E-state index contributed by atoms with van der Waals surface area (Å²) in [5.41, 5.74) is 4.94. The molecule has 4 nitrogen and oxygen atoms in total. The normalized spacial score (nSPS) is 11.4. The number of fused-ring (bicyclic) bond motifs is 1. The summed E-state index contributed by atoms with van der Waals surface area (Å²) in [4.78, 5) is 4.46. The Morgan fingerprint density at radius 2 is 1.88 bits per heavy atom. The van der Waals surface area contributed by atoms with Gasteiger partial charge in [-0.05, 0) is 36.4 Å².